The zero-order valence-corrected chi connectivity index (χ0v) is 16.3. The highest BCUT2D eigenvalue weighted by Gasteiger charge is 2.34. The van der Waals surface area contributed by atoms with Crippen molar-refractivity contribution in [3.05, 3.63) is 41.5 Å². The molecule has 0 bridgehead atoms. The Morgan fingerprint density at radius 3 is 2.41 bits per heavy atom. The number of likely N-dealkylation sites (N-methyl/N-ethyl adjacent to an activating group) is 1. The summed E-state index contributed by atoms with van der Waals surface area (Å²) in [6, 6.07) is 9.90. The van der Waals surface area contributed by atoms with Crippen molar-refractivity contribution in [3.63, 3.8) is 0 Å². The van der Waals surface area contributed by atoms with Crippen LogP contribution >= 0.6 is 11.3 Å². The maximum atomic E-state index is 13.0. The van der Waals surface area contributed by atoms with E-state index < -0.39 is 0 Å². The molecule has 0 saturated carbocycles. The molecule has 2 aliphatic heterocycles. The maximum absolute atomic E-state index is 13.0. The first-order valence-electron chi connectivity index (χ1n) is 9.42. The SMILES string of the molecule is CN1CCCC1C(=O)N1CCN(C(=O)c2ncsc2-c2ccccc2)CC1. The second-order valence-electron chi connectivity index (χ2n) is 7.15. The summed E-state index contributed by atoms with van der Waals surface area (Å²) in [7, 11) is 2.02. The van der Waals surface area contributed by atoms with Crippen molar-refractivity contribution >= 4 is 23.2 Å². The van der Waals surface area contributed by atoms with Crippen LogP contribution in [-0.4, -0.2) is 77.3 Å². The summed E-state index contributed by atoms with van der Waals surface area (Å²) >= 11 is 1.49. The Hall–Kier alpha value is -2.25. The van der Waals surface area contributed by atoms with Crippen molar-refractivity contribution in [1.82, 2.24) is 19.7 Å². The largest absolute Gasteiger partial charge is 0.338 e. The van der Waals surface area contributed by atoms with Crippen LogP contribution in [0.2, 0.25) is 0 Å². The lowest BCUT2D eigenvalue weighted by molar-refractivity contribution is -0.137. The van der Waals surface area contributed by atoms with E-state index in [4.69, 9.17) is 0 Å². The van der Waals surface area contributed by atoms with E-state index in [0.717, 1.165) is 29.8 Å². The van der Waals surface area contributed by atoms with Crippen molar-refractivity contribution in [2.75, 3.05) is 39.8 Å². The summed E-state index contributed by atoms with van der Waals surface area (Å²) in [5, 5.41) is 0. The van der Waals surface area contributed by atoms with Crippen molar-refractivity contribution in [2.24, 2.45) is 0 Å². The Kier molecular flexibility index (Phi) is 5.22. The van der Waals surface area contributed by atoms with Crippen LogP contribution < -0.4 is 0 Å². The second-order valence-corrected chi connectivity index (χ2v) is 8.01. The fraction of sp³-hybridized carbons (Fsp3) is 0.450. The first kappa shape index (κ1) is 18.1. The van der Waals surface area contributed by atoms with Crippen LogP contribution in [0.15, 0.2) is 35.8 Å². The Labute approximate surface area is 163 Å². The van der Waals surface area contributed by atoms with Gasteiger partial charge in [-0.05, 0) is 32.0 Å². The van der Waals surface area contributed by atoms with Gasteiger partial charge in [-0.25, -0.2) is 4.98 Å². The van der Waals surface area contributed by atoms with Crippen molar-refractivity contribution in [2.45, 2.75) is 18.9 Å². The van der Waals surface area contributed by atoms with E-state index in [9.17, 15) is 9.59 Å². The number of amides is 2. The minimum Gasteiger partial charge on any atom is -0.338 e. The fourth-order valence-electron chi connectivity index (χ4n) is 3.91. The van der Waals surface area contributed by atoms with E-state index in [0.29, 0.717) is 31.9 Å². The lowest BCUT2D eigenvalue weighted by atomic mass is 10.1. The van der Waals surface area contributed by atoms with Gasteiger partial charge < -0.3 is 9.80 Å². The summed E-state index contributed by atoms with van der Waals surface area (Å²) in [5.74, 6) is 0.168. The van der Waals surface area contributed by atoms with Gasteiger partial charge in [-0.15, -0.1) is 11.3 Å². The summed E-state index contributed by atoms with van der Waals surface area (Å²) < 4.78 is 0. The smallest absolute Gasteiger partial charge is 0.274 e. The zero-order valence-electron chi connectivity index (χ0n) is 15.5. The third kappa shape index (κ3) is 3.61. The van der Waals surface area contributed by atoms with Gasteiger partial charge in [-0.3, -0.25) is 14.5 Å². The molecule has 1 aromatic heterocycles. The Balaban J connectivity index is 1.41. The van der Waals surface area contributed by atoms with E-state index >= 15 is 0 Å². The first-order valence-corrected chi connectivity index (χ1v) is 10.3. The minimum absolute atomic E-state index is 0.00970. The molecule has 142 valence electrons. The molecule has 3 heterocycles. The van der Waals surface area contributed by atoms with E-state index in [1.54, 1.807) is 5.51 Å². The number of piperazine rings is 1. The van der Waals surface area contributed by atoms with E-state index in [2.05, 4.69) is 9.88 Å². The van der Waals surface area contributed by atoms with Crippen LogP contribution in [0.1, 0.15) is 23.3 Å². The highest BCUT2D eigenvalue weighted by molar-refractivity contribution is 7.13. The van der Waals surface area contributed by atoms with Gasteiger partial charge in [0.2, 0.25) is 5.91 Å². The summed E-state index contributed by atoms with van der Waals surface area (Å²) in [4.78, 5) is 36.8. The molecule has 1 atom stereocenters. The van der Waals surface area contributed by atoms with Gasteiger partial charge in [0, 0.05) is 26.2 Å². The van der Waals surface area contributed by atoms with E-state index in [1.165, 1.54) is 11.3 Å². The normalized spacial score (nSPS) is 20.9. The molecule has 1 unspecified atom stereocenters. The zero-order chi connectivity index (χ0) is 18.8. The number of rotatable bonds is 3. The maximum Gasteiger partial charge on any atom is 0.274 e. The first-order chi connectivity index (χ1) is 13.1. The van der Waals surface area contributed by atoms with Gasteiger partial charge >= 0.3 is 0 Å². The number of hydrogen-bond acceptors (Lipinski definition) is 5. The molecule has 2 aromatic rings. The van der Waals surface area contributed by atoms with Gasteiger partial charge in [0.05, 0.1) is 16.4 Å². The predicted octanol–water partition coefficient (Wildman–Crippen LogP) is 2.19. The number of hydrogen-bond donors (Lipinski definition) is 0. The number of likely N-dealkylation sites (tertiary alicyclic amines) is 1. The lowest BCUT2D eigenvalue weighted by Crippen LogP contribution is -2.54. The molecule has 0 spiro atoms. The van der Waals surface area contributed by atoms with Crippen LogP contribution in [0.25, 0.3) is 10.4 Å². The third-order valence-electron chi connectivity index (χ3n) is 5.49. The van der Waals surface area contributed by atoms with Crippen LogP contribution in [0, 0.1) is 0 Å². The highest BCUT2D eigenvalue weighted by Crippen LogP contribution is 2.28. The molecule has 4 rings (SSSR count). The number of nitrogens with zero attached hydrogens (tertiary/aromatic N) is 4. The molecule has 2 fully saturated rings. The molecular formula is C20H24N4O2S. The van der Waals surface area contributed by atoms with Gasteiger partial charge in [0.15, 0.2) is 0 Å². The molecule has 27 heavy (non-hydrogen) atoms. The van der Waals surface area contributed by atoms with Crippen LogP contribution in [-0.2, 0) is 4.79 Å². The number of carbonyl (C=O) groups excluding carboxylic acids is 2. The number of carbonyl (C=O) groups is 2. The minimum atomic E-state index is -0.0415. The van der Waals surface area contributed by atoms with Gasteiger partial charge in [-0.1, -0.05) is 30.3 Å². The molecule has 2 amide bonds. The molecule has 7 heteroatoms. The summed E-state index contributed by atoms with van der Waals surface area (Å²) in [5.41, 5.74) is 3.26. The molecule has 1 aromatic carbocycles. The average molecular weight is 385 g/mol. The van der Waals surface area contributed by atoms with Crippen molar-refractivity contribution in [3.8, 4) is 10.4 Å². The number of benzene rings is 1. The van der Waals surface area contributed by atoms with Gasteiger partial charge in [-0.2, -0.15) is 0 Å². The van der Waals surface area contributed by atoms with Crippen LogP contribution in [0.4, 0.5) is 0 Å². The summed E-state index contributed by atoms with van der Waals surface area (Å²) in [6.07, 6.45) is 2.02. The predicted molar refractivity (Wildman–Crippen MR) is 106 cm³/mol. The molecule has 0 radical (unpaired) electrons. The third-order valence-corrected chi connectivity index (χ3v) is 6.37. The molecule has 6 nitrogen and oxygen atoms in total. The van der Waals surface area contributed by atoms with Gasteiger partial charge in [0.25, 0.3) is 5.91 Å². The molecule has 2 aliphatic rings. The van der Waals surface area contributed by atoms with Crippen molar-refractivity contribution < 1.29 is 9.59 Å². The topological polar surface area (TPSA) is 56.8 Å². The Morgan fingerprint density at radius 1 is 1.04 bits per heavy atom. The van der Waals surface area contributed by atoms with Crippen LogP contribution in [0.3, 0.4) is 0 Å². The highest BCUT2D eigenvalue weighted by atomic mass is 32.1. The van der Waals surface area contributed by atoms with Crippen LogP contribution in [0.5, 0.6) is 0 Å². The summed E-state index contributed by atoms with van der Waals surface area (Å²) in [6.45, 7) is 3.31. The van der Waals surface area contributed by atoms with Crippen molar-refractivity contribution in [1.29, 1.82) is 0 Å². The van der Waals surface area contributed by atoms with Gasteiger partial charge in [0.1, 0.15) is 5.69 Å². The lowest BCUT2D eigenvalue weighted by Gasteiger charge is -2.36. The van der Waals surface area contributed by atoms with E-state index in [1.807, 2.05) is 47.2 Å². The molecule has 2 saturated heterocycles. The number of thiazole rings is 1. The number of aromatic nitrogens is 1. The van der Waals surface area contributed by atoms with E-state index in [-0.39, 0.29) is 17.9 Å². The second kappa shape index (κ2) is 7.78. The monoisotopic (exact) mass is 384 g/mol. The quantitative estimate of drug-likeness (QED) is 0.814. The molecular weight excluding hydrogens is 360 g/mol. The Morgan fingerprint density at radius 2 is 1.74 bits per heavy atom. The molecule has 0 N–H and O–H groups in total. The molecule has 0 aliphatic carbocycles. The Bertz CT molecular complexity index is 814. The fourth-order valence-corrected chi connectivity index (χ4v) is 4.69. The average Bonchev–Trinajstić information content (AvgIpc) is 3.37. The standard InChI is InChI=1S/C20H24N4O2S/c1-22-9-5-8-16(22)19(25)23-10-12-24(13-11-23)20(26)17-18(27-14-21-17)15-6-3-2-4-7-15/h2-4,6-7,14,16H,5,8-13H2,1H3.